The van der Waals surface area contributed by atoms with E-state index in [1.54, 1.807) is 0 Å². The van der Waals surface area contributed by atoms with Crippen LogP contribution in [0.2, 0.25) is 0 Å². The third-order valence-corrected chi connectivity index (χ3v) is 1.52. The number of carbonyl (C=O) groups is 2. The largest absolute Gasteiger partial charge is 0.467 e. The van der Waals surface area contributed by atoms with Gasteiger partial charge in [0.1, 0.15) is 0 Å². The average Bonchev–Trinajstić information content (AvgIpc) is 2.77. The Kier molecular flexibility index (Phi) is 3.68. The van der Waals surface area contributed by atoms with Gasteiger partial charge in [0, 0.05) is 0 Å². The second-order valence-electron chi connectivity index (χ2n) is 2.47. The predicted octanol–water partition coefficient (Wildman–Crippen LogP) is -2.54. The lowest BCUT2D eigenvalue weighted by atomic mass is 10.3. The fourth-order valence-corrected chi connectivity index (χ4v) is 0.802. The molecule has 0 saturated carbocycles. The molecule has 0 aliphatic rings. The van der Waals surface area contributed by atoms with Crippen molar-refractivity contribution in [1.82, 2.24) is 25.9 Å². The minimum absolute atomic E-state index is 0.225. The molecule has 1 atom stereocenters. The summed E-state index contributed by atoms with van der Waals surface area (Å²) in [5.74, 6) is -1.71. The van der Waals surface area contributed by atoms with Crippen LogP contribution in [0.15, 0.2) is 0 Å². The lowest BCUT2D eigenvalue weighted by Crippen LogP contribution is -2.44. The van der Waals surface area contributed by atoms with Gasteiger partial charge >= 0.3 is 5.97 Å². The number of aliphatic hydroxyl groups excluding tert-OH is 1. The summed E-state index contributed by atoms with van der Waals surface area (Å²) < 4.78 is 4.34. The van der Waals surface area contributed by atoms with Crippen molar-refractivity contribution < 1.29 is 19.4 Å². The van der Waals surface area contributed by atoms with Crippen LogP contribution in [0, 0.1) is 0 Å². The number of nitrogens with zero attached hydrogens (tertiary/aromatic N) is 3. The Balaban J connectivity index is 2.60. The van der Waals surface area contributed by atoms with Gasteiger partial charge in [-0.1, -0.05) is 0 Å². The van der Waals surface area contributed by atoms with E-state index in [9.17, 15) is 9.59 Å². The van der Waals surface area contributed by atoms with E-state index in [1.807, 2.05) is 0 Å². The number of aromatic nitrogens is 4. The number of H-pyrrole nitrogens is 1. The maximum Gasteiger partial charge on any atom is 0.330 e. The Morgan fingerprint density at radius 1 is 1.67 bits per heavy atom. The first-order valence-electron chi connectivity index (χ1n) is 3.92. The van der Waals surface area contributed by atoms with Gasteiger partial charge in [-0.25, -0.2) is 4.79 Å². The SMILES string of the molecule is COC(=O)C(CO)NC(=O)c1nn[nH]n1. The van der Waals surface area contributed by atoms with E-state index in [-0.39, 0.29) is 5.82 Å². The minimum atomic E-state index is -1.14. The second-order valence-corrected chi connectivity index (χ2v) is 2.47. The molecule has 1 unspecified atom stereocenters. The Labute approximate surface area is 83.8 Å². The fraction of sp³-hybridized carbons (Fsp3) is 0.500. The van der Waals surface area contributed by atoms with Crippen LogP contribution in [-0.2, 0) is 9.53 Å². The molecule has 0 saturated heterocycles. The Morgan fingerprint density at radius 3 is 2.87 bits per heavy atom. The molecule has 0 fully saturated rings. The first-order chi connectivity index (χ1) is 7.19. The zero-order valence-electron chi connectivity index (χ0n) is 7.80. The summed E-state index contributed by atoms with van der Waals surface area (Å²) in [7, 11) is 1.14. The summed E-state index contributed by atoms with van der Waals surface area (Å²) in [5.41, 5.74) is 0. The van der Waals surface area contributed by atoms with Crippen molar-refractivity contribution in [3.8, 4) is 0 Å². The number of hydrogen-bond acceptors (Lipinski definition) is 7. The van der Waals surface area contributed by atoms with E-state index in [0.29, 0.717) is 0 Å². The number of ether oxygens (including phenoxy) is 1. The topological polar surface area (TPSA) is 130 Å². The monoisotopic (exact) mass is 215 g/mol. The van der Waals surface area contributed by atoms with Gasteiger partial charge in [0.15, 0.2) is 6.04 Å². The highest BCUT2D eigenvalue weighted by molar-refractivity contribution is 5.93. The van der Waals surface area contributed by atoms with Crippen molar-refractivity contribution in [3.63, 3.8) is 0 Å². The molecule has 0 radical (unpaired) electrons. The lowest BCUT2D eigenvalue weighted by Gasteiger charge is -2.11. The number of amides is 1. The van der Waals surface area contributed by atoms with E-state index in [0.717, 1.165) is 7.11 Å². The van der Waals surface area contributed by atoms with Crippen LogP contribution in [0.25, 0.3) is 0 Å². The number of aliphatic hydroxyl groups is 1. The lowest BCUT2D eigenvalue weighted by molar-refractivity contribution is -0.143. The van der Waals surface area contributed by atoms with Crippen molar-refractivity contribution >= 4 is 11.9 Å². The molecule has 3 N–H and O–H groups in total. The fourth-order valence-electron chi connectivity index (χ4n) is 0.802. The third kappa shape index (κ3) is 2.71. The normalized spacial score (nSPS) is 11.9. The predicted molar refractivity (Wildman–Crippen MR) is 44.5 cm³/mol. The molecule has 1 amide bonds. The van der Waals surface area contributed by atoms with Gasteiger partial charge in [0.2, 0.25) is 0 Å². The smallest absolute Gasteiger partial charge is 0.330 e. The van der Waals surface area contributed by atoms with Crippen molar-refractivity contribution in [2.45, 2.75) is 6.04 Å². The molecule has 0 spiro atoms. The van der Waals surface area contributed by atoms with Crippen LogP contribution in [0.5, 0.6) is 0 Å². The van der Waals surface area contributed by atoms with Crippen molar-refractivity contribution in [1.29, 1.82) is 0 Å². The average molecular weight is 215 g/mol. The Bertz CT molecular complexity index is 337. The van der Waals surface area contributed by atoms with E-state index in [2.05, 4.69) is 30.7 Å². The summed E-state index contributed by atoms with van der Waals surface area (Å²) in [6.45, 7) is -0.573. The van der Waals surface area contributed by atoms with Crippen LogP contribution < -0.4 is 5.32 Å². The highest BCUT2D eigenvalue weighted by Gasteiger charge is 2.22. The Hall–Kier alpha value is -2.03. The highest BCUT2D eigenvalue weighted by atomic mass is 16.5. The second kappa shape index (κ2) is 5.00. The van der Waals surface area contributed by atoms with Gasteiger partial charge in [0.05, 0.1) is 13.7 Å². The number of methoxy groups -OCH3 is 1. The molecule has 1 aromatic heterocycles. The molecule has 82 valence electrons. The van der Waals surface area contributed by atoms with E-state index >= 15 is 0 Å². The number of nitrogens with one attached hydrogen (secondary N) is 2. The van der Waals surface area contributed by atoms with Gasteiger partial charge < -0.3 is 15.2 Å². The van der Waals surface area contributed by atoms with Crippen LogP contribution in [0.3, 0.4) is 0 Å². The van der Waals surface area contributed by atoms with E-state index in [1.165, 1.54) is 0 Å². The van der Waals surface area contributed by atoms with E-state index in [4.69, 9.17) is 5.11 Å². The van der Waals surface area contributed by atoms with Gasteiger partial charge in [-0.2, -0.15) is 5.21 Å². The summed E-state index contributed by atoms with van der Waals surface area (Å²) in [5, 5.41) is 23.0. The molecular formula is C6H9N5O4. The number of carbonyl (C=O) groups excluding carboxylic acids is 2. The van der Waals surface area contributed by atoms with Crippen LogP contribution in [0.1, 0.15) is 10.6 Å². The van der Waals surface area contributed by atoms with Crippen molar-refractivity contribution in [2.75, 3.05) is 13.7 Å². The molecule has 0 aromatic carbocycles. The Morgan fingerprint density at radius 2 is 2.40 bits per heavy atom. The van der Waals surface area contributed by atoms with Crippen LogP contribution in [-0.4, -0.2) is 57.4 Å². The third-order valence-electron chi connectivity index (χ3n) is 1.52. The maximum atomic E-state index is 11.3. The maximum absolute atomic E-state index is 11.3. The zero-order valence-corrected chi connectivity index (χ0v) is 7.80. The van der Waals surface area contributed by atoms with Crippen LogP contribution in [0.4, 0.5) is 0 Å². The summed E-state index contributed by atoms with van der Waals surface area (Å²) in [6.07, 6.45) is 0. The zero-order chi connectivity index (χ0) is 11.3. The molecule has 0 bridgehead atoms. The van der Waals surface area contributed by atoms with Gasteiger partial charge in [-0.3, -0.25) is 4.79 Å². The molecule has 0 aliphatic heterocycles. The molecule has 9 nitrogen and oxygen atoms in total. The molecule has 1 aromatic rings. The standard InChI is InChI=1S/C6H9N5O4/c1-15-6(14)3(2-12)7-5(13)4-8-10-11-9-4/h3,12H,2H2,1H3,(H,7,13)(H,8,9,10,11). The highest BCUT2D eigenvalue weighted by Crippen LogP contribution is 1.90. The van der Waals surface area contributed by atoms with E-state index < -0.39 is 24.5 Å². The number of esters is 1. The van der Waals surface area contributed by atoms with Gasteiger partial charge in [0.25, 0.3) is 11.7 Å². The first-order valence-corrected chi connectivity index (χ1v) is 3.92. The van der Waals surface area contributed by atoms with Crippen molar-refractivity contribution in [2.24, 2.45) is 0 Å². The molecule has 9 heteroatoms. The molecule has 0 aliphatic carbocycles. The first kappa shape index (κ1) is 11.0. The summed E-state index contributed by atoms with van der Waals surface area (Å²) in [4.78, 5) is 22.3. The van der Waals surface area contributed by atoms with Gasteiger partial charge in [-0.05, 0) is 5.21 Å². The molecular weight excluding hydrogens is 206 g/mol. The summed E-state index contributed by atoms with van der Waals surface area (Å²) >= 11 is 0. The van der Waals surface area contributed by atoms with Crippen LogP contribution >= 0.6 is 0 Å². The minimum Gasteiger partial charge on any atom is -0.467 e. The van der Waals surface area contributed by atoms with Crippen molar-refractivity contribution in [3.05, 3.63) is 5.82 Å². The molecule has 1 rings (SSSR count). The number of tetrazole rings is 1. The number of aromatic amines is 1. The molecule has 1 heterocycles. The quantitative estimate of drug-likeness (QED) is 0.472. The number of rotatable bonds is 4. The van der Waals surface area contributed by atoms with Gasteiger partial charge in [-0.15, -0.1) is 10.2 Å². The molecule has 15 heavy (non-hydrogen) atoms. The summed E-state index contributed by atoms with van der Waals surface area (Å²) in [6, 6.07) is -1.14. The number of hydrogen-bond donors (Lipinski definition) is 3.